The SMILES string of the molecule is CC(C)(CO)c1c(C2(C)CCC(C(=O)O)CC2)c2c(O)cc(F)cc2n1-c1ccc(F)c(F)c1. The molecule has 34 heavy (non-hydrogen) atoms. The quantitative estimate of drug-likeness (QED) is 0.452. The number of aromatic nitrogens is 1. The van der Waals surface area contributed by atoms with E-state index < -0.39 is 40.2 Å². The van der Waals surface area contributed by atoms with Crippen molar-refractivity contribution in [2.45, 2.75) is 57.3 Å². The Bertz CT molecular complexity index is 1270. The summed E-state index contributed by atoms with van der Waals surface area (Å²) in [5.74, 6) is -4.45. The Morgan fingerprint density at radius 2 is 1.76 bits per heavy atom. The van der Waals surface area contributed by atoms with Crippen LogP contribution in [0, 0.1) is 23.4 Å². The molecule has 4 rings (SSSR count). The number of aromatic hydroxyl groups is 1. The van der Waals surface area contributed by atoms with Crippen LogP contribution in [0.5, 0.6) is 5.75 Å². The summed E-state index contributed by atoms with van der Waals surface area (Å²) in [6.45, 7) is 5.22. The molecule has 0 radical (unpaired) electrons. The van der Waals surface area contributed by atoms with Crippen LogP contribution in [0.15, 0.2) is 30.3 Å². The van der Waals surface area contributed by atoms with E-state index in [4.69, 9.17) is 0 Å². The van der Waals surface area contributed by atoms with Crippen LogP contribution in [0.25, 0.3) is 16.6 Å². The summed E-state index contributed by atoms with van der Waals surface area (Å²) in [5, 5.41) is 31.0. The van der Waals surface area contributed by atoms with E-state index >= 15 is 0 Å². The molecule has 1 heterocycles. The summed E-state index contributed by atoms with van der Waals surface area (Å²) < 4.78 is 44.1. The molecule has 182 valence electrons. The van der Waals surface area contributed by atoms with Gasteiger partial charge in [0.05, 0.1) is 18.0 Å². The first-order valence-electron chi connectivity index (χ1n) is 11.3. The molecule has 0 spiro atoms. The van der Waals surface area contributed by atoms with E-state index in [9.17, 15) is 33.3 Å². The van der Waals surface area contributed by atoms with Gasteiger partial charge in [-0.15, -0.1) is 0 Å². The van der Waals surface area contributed by atoms with Crippen molar-refractivity contribution in [1.29, 1.82) is 0 Å². The highest BCUT2D eigenvalue weighted by Gasteiger charge is 2.43. The van der Waals surface area contributed by atoms with Gasteiger partial charge in [-0.05, 0) is 54.9 Å². The Kier molecular flexibility index (Phi) is 5.92. The number of nitrogens with zero attached hydrogens (tertiary/aromatic N) is 1. The van der Waals surface area contributed by atoms with Crippen molar-refractivity contribution in [3.63, 3.8) is 0 Å². The molecule has 1 saturated carbocycles. The van der Waals surface area contributed by atoms with E-state index in [1.807, 2.05) is 6.92 Å². The first-order valence-corrected chi connectivity index (χ1v) is 11.3. The molecular formula is C26H28F3NO4. The van der Waals surface area contributed by atoms with Crippen molar-refractivity contribution < 1.29 is 33.3 Å². The third kappa shape index (κ3) is 3.83. The zero-order chi connectivity index (χ0) is 25.0. The smallest absolute Gasteiger partial charge is 0.306 e. The Hall–Kier alpha value is -3.00. The van der Waals surface area contributed by atoms with Gasteiger partial charge < -0.3 is 19.9 Å². The summed E-state index contributed by atoms with van der Waals surface area (Å²) in [6.07, 6.45) is 1.83. The van der Waals surface area contributed by atoms with Gasteiger partial charge in [-0.3, -0.25) is 4.79 Å². The van der Waals surface area contributed by atoms with Gasteiger partial charge in [0.15, 0.2) is 11.6 Å². The molecule has 1 aromatic heterocycles. The maximum Gasteiger partial charge on any atom is 0.306 e. The molecule has 1 fully saturated rings. The van der Waals surface area contributed by atoms with E-state index in [0.29, 0.717) is 42.3 Å². The lowest BCUT2D eigenvalue weighted by Gasteiger charge is -2.39. The highest BCUT2D eigenvalue weighted by Crippen LogP contribution is 2.51. The number of fused-ring (bicyclic) bond motifs is 1. The molecule has 0 saturated heterocycles. The van der Waals surface area contributed by atoms with E-state index in [-0.39, 0.29) is 23.6 Å². The van der Waals surface area contributed by atoms with Crippen molar-refractivity contribution >= 4 is 16.9 Å². The van der Waals surface area contributed by atoms with Crippen molar-refractivity contribution in [3.8, 4) is 11.4 Å². The predicted octanol–water partition coefficient (Wildman–Crippen LogP) is 5.56. The molecule has 0 amide bonds. The van der Waals surface area contributed by atoms with Crippen LogP contribution in [0.2, 0.25) is 0 Å². The monoisotopic (exact) mass is 475 g/mol. The highest BCUT2D eigenvalue weighted by atomic mass is 19.2. The molecule has 0 aliphatic heterocycles. The number of rotatable bonds is 5. The maximum atomic E-state index is 14.5. The molecule has 0 unspecified atom stereocenters. The number of carboxylic acids is 1. The Labute approximate surface area is 195 Å². The summed E-state index contributed by atoms with van der Waals surface area (Å²) in [6, 6.07) is 5.57. The Morgan fingerprint density at radius 1 is 1.12 bits per heavy atom. The van der Waals surface area contributed by atoms with Crippen LogP contribution in [0.1, 0.15) is 57.7 Å². The maximum absolute atomic E-state index is 14.5. The van der Waals surface area contributed by atoms with Gasteiger partial charge in [0.2, 0.25) is 0 Å². The number of benzene rings is 2. The standard InChI is InChI=1S/C26H28F3NO4/c1-25(2,13-31)23-22(26(3)8-6-14(7-9-26)24(33)34)21-19(10-15(27)11-20(21)32)30(23)16-4-5-17(28)18(29)12-16/h4-5,10-12,14,31-32H,6-9,13H2,1-3H3,(H,33,34). The lowest BCUT2D eigenvalue weighted by molar-refractivity contribution is -0.143. The Morgan fingerprint density at radius 3 is 2.32 bits per heavy atom. The minimum absolute atomic E-state index is 0.222. The van der Waals surface area contributed by atoms with Gasteiger partial charge >= 0.3 is 5.97 Å². The second kappa shape index (κ2) is 8.34. The second-order valence-electron chi connectivity index (χ2n) is 10.2. The van der Waals surface area contributed by atoms with Gasteiger partial charge in [-0.2, -0.15) is 0 Å². The highest BCUT2D eigenvalue weighted by molar-refractivity contribution is 5.94. The molecule has 5 nitrogen and oxygen atoms in total. The molecule has 1 aliphatic rings. The van der Waals surface area contributed by atoms with Crippen LogP contribution in [0.3, 0.4) is 0 Å². The second-order valence-corrected chi connectivity index (χ2v) is 10.2. The number of phenols is 1. The number of carbonyl (C=O) groups is 1. The van der Waals surface area contributed by atoms with Gasteiger partial charge in [0.25, 0.3) is 0 Å². The van der Waals surface area contributed by atoms with Gasteiger partial charge in [-0.1, -0.05) is 20.8 Å². The summed E-state index contributed by atoms with van der Waals surface area (Å²) in [5.41, 5.74) is 0.150. The first kappa shape index (κ1) is 24.1. The van der Waals surface area contributed by atoms with E-state index in [1.54, 1.807) is 18.4 Å². The fourth-order valence-electron chi connectivity index (χ4n) is 5.31. The van der Waals surface area contributed by atoms with Crippen LogP contribution >= 0.6 is 0 Å². The van der Waals surface area contributed by atoms with E-state index in [2.05, 4.69) is 0 Å². The predicted molar refractivity (Wildman–Crippen MR) is 122 cm³/mol. The number of aliphatic hydroxyl groups excluding tert-OH is 1. The molecule has 3 N–H and O–H groups in total. The number of hydrogen-bond donors (Lipinski definition) is 3. The van der Waals surface area contributed by atoms with Crippen molar-refractivity contribution in [3.05, 3.63) is 59.0 Å². The van der Waals surface area contributed by atoms with Crippen LogP contribution < -0.4 is 0 Å². The molecule has 1 aliphatic carbocycles. The Balaban J connectivity index is 2.11. The lowest BCUT2D eigenvalue weighted by atomic mass is 9.65. The summed E-state index contributed by atoms with van der Waals surface area (Å²) in [7, 11) is 0. The molecule has 3 aromatic rings. The van der Waals surface area contributed by atoms with E-state index in [0.717, 1.165) is 18.2 Å². The lowest BCUT2D eigenvalue weighted by Crippen LogP contribution is -2.35. The molecule has 0 bridgehead atoms. The zero-order valence-corrected chi connectivity index (χ0v) is 19.3. The van der Waals surface area contributed by atoms with Crippen molar-refractivity contribution in [1.82, 2.24) is 4.57 Å². The number of halogens is 3. The number of hydrogen-bond acceptors (Lipinski definition) is 3. The van der Waals surface area contributed by atoms with Crippen LogP contribution in [-0.2, 0) is 15.6 Å². The van der Waals surface area contributed by atoms with Gasteiger partial charge in [0.1, 0.15) is 11.6 Å². The largest absolute Gasteiger partial charge is 0.507 e. The number of aliphatic carboxylic acids is 1. The fourth-order valence-corrected chi connectivity index (χ4v) is 5.31. The first-order chi connectivity index (χ1) is 15.9. The van der Waals surface area contributed by atoms with E-state index in [1.165, 1.54) is 12.1 Å². The topological polar surface area (TPSA) is 82.7 Å². The molecule has 2 aromatic carbocycles. The molecular weight excluding hydrogens is 447 g/mol. The number of carboxylic acid groups (broad SMARTS) is 1. The minimum atomic E-state index is -1.08. The number of phenolic OH excluding ortho intramolecular Hbond substituents is 1. The number of aliphatic hydroxyl groups is 1. The zero-order valence-electron chi connectivity index (χ0n) is 19.3. The molecule has 8 heteroatoms. The summed E-state index contributed by atoms with van der Waals surface area (Å²) in [4.78, 5) is 11.5. The van der Waals surface area contributed by atoms with Gasteiger partial charge in [-0.25, -0.2) is 13.2 Å². The van der Waals surface area contributed by atoms with Crippen LogP contribution in [0.4, 0.5) is 13.2 Å². The third-order valence-electron chi connectivity index (χ3n) is 7.25. The van der Waals surface area contributed by atoms with Gasteiger partial charge in [0, 0.05) is 34.3 Å². The van der Waals surface area contributed by atoms with Crippen molar-refractivity contribution in [2.75, 3.05) is 6.61 Å². The fraction of sp³-hybridized carbons (Fsp3) is 0.423. The normalized spacial score (nSPS) is 21.2. The average Bonchev–Trinajstić information content (AvgIpc) is 3.13. The average molecular weight is 476 g/mol. The summed E-state index contributed by atoms with van der Waals surface area (Å²) >= 11 is 0. The van der Waals surface area contributed by atoms with Crippen LogP contribution in [-0.4, -0.2) is 32.5 Å². The minimum Gasteiger partial charge on any atom is -0.507 e. The molecule has 0 atom stereocenters. The third-order valence-corrected chi connectivity index (χ3v) is 7.25. The van der Waals surface area contributed by atoms with Crippen molar-refractivity contribution in [2.24, 2.45) is 5.92 Å².